The molecular weight excluding hydrogens is 190 g/mol. The van der Waals surface area contributed by atoms with Crippen molar-refractivity contribution in [1.82, 2.24) is 5.23 Å². The minimum Gasteiger partial charge on any atom is -0.274 e. The Labute approximate surface area is 89.5 Å². The highest BCUT2D eigenvalue weighted by atomic mass is 17.0. The van der Waals surface area contributed by atoms with E-state index in [2.05, 4.69) is 24.3 Å². The van der Waals surface area contributed by atoms with Crippen molar-refractivity contribution in [3.8, 4) is 0 Å². The Kier molecular flexibility index (Phi) is 2.24. The molecule has 1 fully saturated rings. The fourth-order valence-electron chi connectivity index (χ4n) is 2.43. The van der Waals surface area contributed by atoms with Crippen LogP contribution in [0.3, 0.4) is 0 Å². The van der Waals surface area contributed by atoms with Gasteiger partial charge in [-0.1, -0.05) is 29.5 Å². The summed E-state index contributed by atoms with van der Waals surface area (Å²) in [5, 5.41) is 1.60. The Bertz CT molecular complexity index is 366. The van der Waals surface area contributed by atoms with Gasteiger partial charge in [0.15, 0.2) is 0 Å². The van der Waals surface area contributed by atoms with Crippen molar-refractivity contribution in [2.75, 3.05) is 13.2 Å². The Morgan fingerprint density at radius 2 is 2.27 bits per heavy atom. The quantitative estimate of drug-likeness (QED) is 0.700. The van der Waals surface area contributed by atoms with Gasteiger partial charge in [-0.15, -0.1) is 0 Å². The van der Waals surface area contributed by atoms with Crippen LogP contribution in [0.2, 0.25) is 0 Å². The van der Waals surface area contributed by atoms with Crippen LogP contribution in [0.4, 0.5) is 0 Å². The Morgan fingerprint density at radius 3 is 3.13 bits per heavy atom. The van der Waals surface area contributed by atoms with Crippen LogP contribution in [-0.2, 0) is 16.1 Å². The molecule has 2 atom stereocenters. The zero-order valence-electron chi connectivity index (χ0n) is 8.85. The van der Waals surface area contributed by atoms with Crippen LogP contribution in [0, 0.1) is 5.92 Å². The zero-order valence-corrected chi connectivity index (χ0v) is 8.85. The number of rotatable bonds is 1. The van der Waals surface area contributed by atoms with Gasteiger partial charge in [0, 0.05) is 12.5 Å². The van der Waals surface area contributed by atoms with Gasteiger partial charge in [0.05, 0.1) is 6.61 Å². The number of hydrogen-bond acceptors (Lipinski definition) is 3. The third-order valence-corrected chi connectivity index (χ3v) is 3.19. The molecule has 3 rings (SSSR count). The molecule has 0 aromatic heterocycles. The van der Waals surface area contributed by atoms with Crippen molar-refractivity contribution < 1.29 is 9.68 Å². The molecule has 2 aliphatic rings. The number of hydroxylamine groups is 2. The highest BCUT2D eigenvalue weighted by Gasteiger charge is 2.38. The van der Waals surface area contributed by atoms with Crippen LogP contribution in [0.1, 0.15) is 24.2 Å². The molecule has 3 heteroatoms. The average Bonchev–Trinajstić information content (AvgIpc) is 2.66. The maximum absolute atomic E-state index is 5.80. The normalized spacial score (nSPS) is 29.9. The van der Waals surface area contributed by atoms with Gasteiger partial charge in [-0.05, 0) is 24.5 Å². The van der Waals surface area contributed by atoms with E-state index in [9.17, 15) is 0 Å². The maximum atomic E-state index is 5.80. The predicted octanol–water partition coefficient (Wildman–Crippen LogP) is 2.10. The van der Waals surface area contributed by atoms with E-state index in [0.29, 0.717) is 5.92 Å². The first-order valence-electron chi connectivity index (χ1n) is 5.53. The molecule has 0 radical (unpaired) electrons. The number of benzene rings is 1. The Hall–Kier alpha value is -0.900. The number of nitrogens with zero attached hydrogens (tertiary/aromatic N) is 1. The van der Waals surface area contributed by atoms with Crippen molar-refractivity contribution in [2.24, 2.45) is 5.92 Å². The highest BCUT2D eigenvalue weighted by molar-refractivity contribution is 5.34. The van der Waals surface area contributed by atoms with Crippen LogP contribution in [0.15, 0.2) is 24.3 Å². The summed E-state index contributed by atoms with van der Waals surface area (Å²) in [4.78, 5) is 11.3. The standard InChI is InChI=1S/C12H15NO2/c1-2-13-14-8-10-7-9-5-3-4-6-11(9)12(10)15-13/h3-6,10,12H,2,7-8H2,1H3/t10-,12+/m0/s1. The van der Waals surface area contributed by atoms with E-state index in [1.54, 1.807) is 5.23 Å². The second kappa shape index (κ2) is 3.59. The molecule has 1 aromatic carbocycles. The summed E-state index contributed by atoms with van der Waals surface area (Å²) in [6, 6.07) is 8.53. The van der Waals surface area contributed by atoms with Gasteiger partial charge in [-0.2, -0.15) is 0 Å². The second-order valence-corrected chi connectivity index (χ2v) is 4.13. The third-order valence-electron chi connectivity index (χ3n) is 3.19. The fourth-order valence-corrected chi connectivity index (χ4v) is 2.43. The first kappa shape index (κ1) is 9.33. The lowest BCUT2D eigenvalue weighted by atomic mass is 10.0. The van der Waals surface area contributed by atoms with E-state index in [-0.39, 0.29) is 6.10 Å². The number of fused-ring (bicyclic) bond motifs is 3. The molecule has 0 bridgehead atoms. The summed E-state index contributed by atoms with van der Waals surface area (Å²) in [5.41, 5.74) is 2.75. The van der Waals surface area contributed by atoms with Crippen LogP contribution in [-0.4, -0.2) is 18.4 Å². The summed E-state index contributed by atoms with van der Waals surface area (Å²) in [5.74, 6) is 0.491. The lowest BCUT2D eigenvalue weighted by Crippen LogP contribution is -2.36. The van der Waals surface area contributed by atoms with E-state index >= 15 is 0 Å². The molecular formula is C12H15NO2. The molecule has 0 amide bonds. The molecule has 1 saturated heterocycles. The predicted molar refractivity (Wildman–Crippen MR) is 55.8 cm³/mol. The molecule has 1 heterocycles. The van der Waals surface area contributed by atoms with E-state index in [0.717, 1.165) is 19.6 Å². The van der Waals surface area contributed by atoms with E-state index < -0.39 is 0 Å². The molecule has 1 aliphatic heterocycles. The summed E-state index contributed by atoms with van der Waals surface area (Å²) >= 11 is 0. The molecule has 0 unspecified atom stereocenters. The molecule has 0 spiro atoms. The smallest absolute Gasteiger partial charge is 0.113 e. The van der Waals surface area contributed by atoms with Crippen molar-refractivity contribution in [1.29, 1.82) is 0 Å². The second-order valence-electron chi connectivity index (χ2n) is 4.13. The highest BCUT2D eigenvalue weighted by Crippen LogP contribution is 2.41. The lowest BCUT2D eigenvalue weighted by molar-refractivity contribution is -0.425. The third kappa shape index (κ3) is 1.47. The van der Waals surface area contributed by atoms with Gasteiger partial charge >= 0.3 is 0 Å². The SMILES string of the molecule is CCN1OC[C@@H]2Cc3ccccc3[C@@H]2O1. The topological polar surface area (TPSA) is 21.7 Å². The first-order valence-corrected chi connectivity index (χ1v) is 5.53. The van der Waals surface area contributed by atoms with Crippen LogP contribution < -0.4 is 0 Å². The van der Waals surface area contributed by atoms with Gasteiger partial charge in [0.25, 0.3) is 0 Å². The minimum atomic E-state index is 0.204. The fraction of sp³-hybridized carbons (Fsp3) is 0.500. The molecule has 0 N–H and O–H groups in total. The molecule has 3 nitrogen and oxygen atoms in total. The van der Waals surface area contributed by atoms with Gasteiger partial charge < -0.3 is 0 Å². The lowest BCUT2D eigenvalue weighted by Gasteiger charge is -2.33. The summed E-state index contributed by atoms with van der Waals surface area (Å²) in [7, 11) is 0. The largest absolute Gasteiger partial charge is 0.274 e. The monoisotopic (exact) mass is 205 g/mol. The number of hydrogen-bond donors (Lipinski definition) is 0. The summed E-state index contributed by atoms with van der Waals surface area (Å²) in [6.45, 7) is 3.57. The van der Waals surface area contributed by atoms with E-state index in [4.69, 9.17) is 9.68 Å². The average molecular weight is 205 g/mol. The van der Waals surface area contributed by atoms with E-state index in [1.165, 1.54) is 11.1 Å². The van der Waals surface area contributed by atoms with Gasteiger partial charge in [-0.3, -0.25) is 9.68 Å². The Morgan fingerprint density at radius 1 is 1.40 bits per heavy atom. The van der Waals surface area contributed by atoms with Gasteiger partial charge in [-0.25, -0.2) is 0 Å². The molecule has 1 aliphatic carbocycles. The molecule has 80 valence electrons. The minimum absolute atomic E-state index is 0.204. The first-order chi connectivity index (χ1) is 7.38. The zero-order chi connectivity index (χ0) is 10.3. The van der Waals surface area contributed by atoms with Crippen LogP contribution in [0.5, 0.6) is 0 Å². The van der Waals surface area contributed by atoms with Crippen LogP contribution in [0.25, 0.3) is 0 Å². The van der Waals surface area contributed by atoms with E-state index in [1.807, 2.05) is 6.92 Å². The summed E-state index contributed by atoms with van der Waals surface area (Å²) in [6.07, 6.45) is 1.29. The van der Waals surface area contributed by atoms with Crippen molar-refractivity contribution in [3.63, 3.8) is 0 Å². The van der Waals surface area contributed by atoms with Crippen molar-refractivity contribution >= 4 is 0 Å². The molecule has 1 aromatic rings. The summed E-state index contributed by atoms with van der Waals surface area (Å²) < 4.78 is 0. The van der Waals surface area contributed by atoms with Gasteiger partial charge in [0.2, 0.25) is 0 Å². The van der Waals surface area contributed by atoms with Crippen molar-refractivity contribution in [2.45, 2.75) is 19.4 Å². The van der Waals surface area contributed by atoms with Crippen LogP contribution >= 0.6 is 0 Å². The van der Waals surface area contributed by atoms with Crippen molar-refractivity contribution in [3.05, 3.63) is 35.4 Å². The van der Waals surface area contributed by atoms with Gasteiger partial charge in [0.1, 0.15) is 6.10 Å². The Balaban J connectivity index is 1.89. The molecule has 0 saturated carbocycles. The maximum Gasteiger partial charge on any atom is 0.113 e. The molecule has 15 heavy (non-hydrogen) atoms.